The Morgan fingerprint density at radius 3 is 3.11 bits per heavy atom. The van der Waals surface area contributed by atoms with Crippen LogP contribution in [0, 0.1) is 5.92 Å². The summed E-state index contributed by atoms with van der Waals surface area (Å²) in [4.78, 5) is 4.29. The Balaban J connectivity index is 1.74. The van der Waals surface area contributed by atoms with Gasteiger partial charge >= 0.3 is 0 Å². The van der Waals surface area contributed by atoms with Crippen LogP contribution in [0.15, 0.2) is 33.9 Å². The van der Waals surface area contributed by atoms with Crippen molar-refractivity contribution in [2.45, 2.75) is 18.1 Å². The van der Waals surface area contributed by atoms with Crippen molar-refractivity contribution >= 4 is 21.9 Å². The second-order valence-electron chi connectivity index (χ2n) is 4.67. The van der Waals surface area contributed by atoms with Gasteiger partial charge in [-0.25, -0.2) is 9.19 Å². The van der Waals surface area contributed by atoms with Gasteiger partial charge in [-0.05, 0) is 44.0 Å². The first-order valence-corrected chi connectivity index (χ1v) is 7.59. The second kappa shape index (κ2) is 5.20. The minimum absolute atomic E-state index is 0.363. The molecule has 2 heterocycles. The van der Waals surface area contributed by atoms with Crippen LogP contribution >= 0.6 is 0 Å². The highest BCUT2D eigenvalue weighted by molar-refractivity contribution is 7.84. The molecule has 1 aliphatic rings. The molecule has 1 saturated heterocycles. The van der Waals surface area contributed by atoms with E-state index >= 15 is 0 Å². The molecular weight excluding hydrogens is 248 g/mol. The molecule has 3 rings (SSSR count). The fraction of sp³-hybridized carbons (Fsp3) is 0.462. The number of nitrogens with zero attached hydrogens (tertiary/aromatic N) is 1. The lowest BCUT2D eigenvalue weighted by atomic mass is 10.0. The van der Waals surface area contributed by atoms with Crippen LogP contribution in [-0.4, -0.2) is 28.0 Å². The number of piperidine rings is 1. The van der Waals surface area contributed by atoms with E-state index in [1.54, 1.807) is 0 Å². The fourth-order valence-electron chi connectivity index (χ4n) is 2.30. The molecule has 4 nitrogen and oxygen atoms in total. The Hall–Kier alpha value is -1.20. The van der Waals surface area contributed by atoms with Gasteiger partial charge in [0.05, 0.1) is 0 Å². The predicted octanol–water partition coefficient (Wildman–Crippen LogP) is 1.93. The molecule has 0 saturated carbocycles. The topological polar surface area (TPSA) is 55.1 Å². The summed E-state index contributed by atoms with van der Waals surface area (Å²) >= 11 is 0. The van der Waals surface area contributed by atoms with Crippen LogP contribution in [-0.2, 0) is 10.8 Å². The molecule has 0 amide bonds. The molecule has 0 bridgehead atoms. The minimum atomic E-state index is -1.13. The van der Waals surface area contributed by atoms with Crippen molar-refractivity contribution in [1.29, 1.82) is 0 Å². The van der Waals surface area contributed by atoms with Crippen LogP contribution in [0.4, 0.5) is 0 Å². The number of oxazole rings is 1. The minimum Gasteiger partial charge on any atom is -0.430 e. The van der Waals surface area contributed by atoms with Gasteiger partial charge in [0.15, 0.2) is 5.58 Å². The van der Waals surface area contributed by atoms with Crippen molar-refractivity contribution in [2.75, 3.05) is 18.8 Å². The standard InChI is InChI=1S/C13H16N2O2S/c16-18(9-10-4-3-7-14-8-10)13-15-11-5-1-2-6-12(11)17-13/h1-2,5-6,10,14H,3-4,7-9H2. The third-order valence-electron chi connectivity index (χ3n) is 3.26. The maximum atomic E-state index is 12.2. The van der Waals surface area contributed by atoms with Crippen molar-refractivity contribution in [3.05, 3.63) is 24.3 Å². The molecule has 2 unspecified atom stereocenters. The van der Waals surface area contributed by atoms with Gasteiger partial charge in [-0.15, -0.1) is 0 Å². The van der Waals surface area contributed by atoms with E-state index in [0.29, 0.717) is 22.5 Å². The molecule has 1 aromatic carbocycles. The summed E-state index contributed by atoms with van der Waals surface area (Å²) in [5, 5.41) is 3.70. The van der Waals surface area contributed by atoms with Crippen molar-refractivity contribution in [3.63, 3.8) is 0 Å². The van der Waals surface area contributed by atoms with Gasteiger partial charge in [-0.1, -0.05) is 12.1 Å². The van der Waals surface area contributed by atoms with E-state index in [-0.39, 0.29) is 0 Å². The molecule has 0 radical (unpaired) electrons. The van der Waals surface area contributed by atoms with Gasteiger partial charge in [-0.3, -0.25) is 0 Å². The molecule has 0 aliphatic carbocycles. The zero-order valence-electron chi connectivity index (χ0n) is 10.1. The summed E-state index contributed by atoms with van der Waals surface area (Å²) in [7, 11) is -1.13. The molecule has 1 aromatic heterocycles. The molecule has 2 atom stereocenters. The van der Waals surface area contributed by atoms with Crippen molar-refractivity contribution in [2.24, 2.45) is 5.92 Å². The molecule has 0 spiro atoms. The summed E-state index contributed by atoms with van der Waals surface area (Å²) in [5.41, 5.74) is 1.49. The van der Waals surface area contributed by atoms with Crippen LogP contribution in [0.1, 0.15) is 12.8 Å². The van der Waals surface area contributed by atoms with Crippen molar-refractivity contribution < 1.29 is 8.63 Å². The van der Waals surface area contributed by atoms with Gasteiger partial charge in [0.1, 0.15) is 16.3 Å². The fourth-order valence-corrected chi connectivity index (χ4v) is 3.54. The Bertz CT molecular complexity index is 528. The van der Waals surface area contributed by atoms with E-state index in [1.165, 1.54) is 0 Å². The maximum Gasteiger partial charge on any atom is 0.287 e. The van der Waals surface area contributed by atoms with E-state index in [2.05, 4.69) is 10.3 Å². The average Bonchev–Trinajstić information content (AvgIpc) is 2.84. The van der Waals surface area contributed by atoms with Crippen LogP contribution in [0.3, 0.4) is 0 Å². The number of rotatable bonds is 3. The third-order valence-corrected chi connectivity index (χ3v) is 4.59. The van der Waals surface area contributed by atoms with Crippen LogP contribution in [0.5, 0.6) is 0 Å². The van der Waals surface area contributed by atoms with Crippen LogP contribution in [0.25, 0.3) is 11.1 Å². The normalized spacial score (nSPS) is 22.1. The highest BCUT2D eigenvalue weighted by Gasteiger charge is 2.20. The molecule has 96 valence electrons. The number of fused-ring (bicyclic) bond motifs is 1. The van der Waals surface area contributed by atoms with Gasteiger partial charge in [0, 0.05) is 5.75 Å². The average molecular weight is 264 g/mol. The Kier molecular flexibility index (Phi) is 3.43. The number of aromatic nitrogens is 1. The summed E-state index contributed by atoms with van der Waals surface area (Å²) in [6.07, 6.45) is 2.30. The monoisotopic (exact) mass is 264 g/mol. The van der Waals surface area contributed by atoms with Crippen LogP contribution in [0.2, 0.25) is 0 Å². The van der Waals surface area contributed by atoms with Crippen molar-refractivity contribution in [3.8, 4) is 0 Å². The number of hydrogen-bond donors (Lipinski definition) is 1. The van der Waals surface area contributed by atoms with E-state index in [1.807, 2.05) is 24.3 Å². The summed E-state index contributed by atoms with van der Waals surface area (Å²) < 4.78 is 17.7. The van der Waals surface area contributed by atoms with Gasteiger partial charge in [0.2, 0.25) is 0 Å². The number of hydrogen-bond acceptors (Lipinski definition) is 4. The smallest absolute Gasteiger partial charge is 0.287 e. The summed E-state index contributed by atoms with van der Waals surface area (Å²) in [6.45, 7) is 2.03. The molecule has 18 heavy (non-hydrogen) atoms. The molecule has 1 fully saturated rings. The highest BCUT2D eigenvalue weighted by Crippen LogP contribution is 2.20. The quantitative estimate of drug-likeness (QED) is 0.920. The lowest BCUT2D eigenvalue weighted by Gasteiger charge is -2.21. The lowest BCUT2D eigenvalue weighted by molar-refractivity contribution is 0.404. The summed E-state index contributed by atoms with van der Waals surface area (Å²) in [5.74, 6) is 1.11. The van der Waals surface area contributed by atoms with Crippen LogP contribution < -0.4 is 5.32 Å². The van der Waals surface area contributed by atoms with E-state index in [4.69, 9.17) is 4.42 Å². The number of para-hydroxylation sites is 2. The molecule has 1 aliphatic heterocycles. The summed E-state index contributed by atoms with van der Waals surface area (Å²) in [6, 6.07) is 7.53. The largest absolute Gasteiger partial charge is 0.430 e. The molecule has 1 N–H and O–H groups in total. The first-order chi connectivity index (χ1) is 8.83. The maximum absolute atomic E-state index is 12.2. The molecular formula is C13H16N2O2S. The zero-order chi connectivity index (χ0) is 12.4. The Morgan fingerprint density at radius 1 is 1.44 bits per heavy atom. The Labute approximate surface area is 108 Å². The third kappa shape index (κ3) is 2.47. The first-order valence-electron chi connectivity index (χ1n) is 6.27. The molecule has 5 heteroatoms. The number of nitrogens with one attached hydrogen (secondary N) is 1. The zero-order valence-corrected chi connectivity index (χ0v) is 10.9. The Morgan fingerprint density at radius 2 is 2.33 bits per heavy atom. The molecule has 2 aromatic rings. The van der Waals surface area contributed by atoms with Gasteiger partial charge in [0.25, 0.3) is 5.22 Å². The van der Waals surface area contributed by atoms with E-state index in [9.17, 15) is 4.21 Å². The van der Waals surface area contributed by atoms with E-state index < -0.39 is 10.8 Å². The van der Waals surface area contributed by atoms with Gasteiger partial charge < -0.3 is 9.73 Å². The van der Waals surface area contributed by atoms with Crippen molar-refractivity contribution in [1.82, 2.24) is 10.3 Å². The predicted molar refractivity (Wildman–Crippen MR) is 70.9 cm³/mol. The first kappa shape index (κ1) is 11.9. The lowest BCUT2D eigenvalue weighted by Crippen LogP contribution is -2.32. The van der Waals surface area contributed by atoms with E-state index in [0.717, 1.165) is 31.4 Å². The number of benzene rings is 1. The highest BCUT2D eigenvalue weighted by atomic mass is 32.2. The van der Waals surface area contributed by atoms with Gasteiger partial charge in [-0.2, -0.15) is 0 Å². The SMILES string of the molecule is O=S(CC1CCCNC1)c1nc2ccccc2o1. The second-order valence-corrected chi connectivity index (χ2v) is 6.05.